The molecule has 0 heterocycles. The van der Waals surface area contributed by atoms with Gasteiger partial charge in [0.15, 0.2) is 0 Å². The van der Waals surface area contributed by atoms with Crippen molar-refractivity contribution in [2.45, 2.75) is 39.2 Å². The number of benzene rings is 1. The Morgan fingerprint density at radius 1 is 1.21 bits per heavy atom. The van der Waals surface area contributed by atoms with Crippen LogP contribution in [0.3, 0.4) is 0 Å². The normalized spacial score (nSPS) is 12.9. The zero-order valence-corrected chi connectivity index (χ0v) is 12.5. The Bertz CT molecular complexity index is 354. The van der Waals surface area contributed by atoms with E-state index in [4.69, 9.17) is 0 Å². The number of unbranched alkanes of at least 4 members (excludes halogenated alkanes) is 2. The third kappa shape index (κ3) is 5.70. The van der Waals surface area contributed by atoms with Crippen molar-refractivity contribution in [2.24, 2.45) is 0 Å². The lowest BCUT2D eigenvalue weighted by Gasteiger charge is -2.25. The monoisotopic (exact) mass is 266 g/mol. The summed E-state index contributed by atoms with van der Waals surface area (Å²) < 4.78 is 13.7. The van der Waals surface area contributed by atoms with E-state index in [1.54, 1.807) is 6.07 Å². The van der Waals surface area contributed by atoms with E-state index in [-0.39, 0.29) is 11.9 Å². The first-order valence-electron chi connectivity index (χ1n) is 7.32. The van der Waals surface area contributed by atoms with E-state index >= 15 is 0 Å². The van der Waals surface area contributed by atoms with Crippen molar-refractivity contribution < 1.29 is 4.39 Å². The molecular weight excluding hydrogens is 239 g/mol. The van der Waals surface area contributed by atoms with Crippen molar-refractivity contribution in [1.29, 1.82) is 0 Å². The molecule has 0 aliphatic rings. The van der Waals surface area contributed by atoms with Crippen LogP contribution < -0.4 is 5.32 Å². The predicted molar refractivity (Wildman–Crippen MR) is 79.8 cm³/mol. The molecule has 0 aromatic heterocycles. The first kappa shape index (κ1) is 16.1. The van der Waals surface area contributed by atoms with E-state index < -0.39 is 0 Å². The molecule has 0 saturated carbocycles. The highest BCUT2D eigenvalue weighted by Crippen LogP contribution is 2.20. The molecule has 108 valence electrons. The Balaban J connectivity index is 2.29. The van der Waals surface area contributed by atoms with Crippen molar-refractivity contribution in [3.63, 3.8) is 0 Å². The Morgan fingerprint density at radius 3 is 2.63 bits per heavy atom. The largest absolute Gasteiger partial charge is 0.315 e. The van der Waals surface area contributed by atoms with E-state index in [0.717, 1.165) is 25.2 Å². The second kappa shape index (κ2) is 9.05. The summed E-state index contributed by atoms with van der Waals surface area (Å²) in [7, 11) is 2.05. The van der Waals surface area contributed by atoms with Crippen LogP contribution in [0.5, 0.6) is 0 Å². The van der Waals surface area contributed by atoms with Gasteiger partial charge in [-0.2, -0.15) is 0 Å². The van der Waals surface area contributed by atoms with Gasteiger partial charge in [0.2, 0.25) is 0 Å². The number of hydrogen-bond acceptors (Lipinski definition) is 2. The van der Waals surface area contributed by atoms with Gasteiger partial charge in [0.25, 0.3) is 0 Å². The Hall–Kier alpha value is -0.930. The quantitative estimate of drug-likeness (QED) is 0.687. The maximum absolute atomic E-state index is 13.7. The van der Waals surface area contributed by atoms with Crippen molar-refractivity contribution in [2.75, 3.05) is 26.7 Å². The van der Waals surface area contributed by atoms with Crippen molar-refractivity contribution >= 4 is 0 Å². The molecule has 0 aliphatic heterocycles. The van der Waals surface area contributed by atoms with Gasteiger partial charge in [-0.05, 0) is 33.0 Å². The van der Waals surface area contributed by atoms with Crippen LogP contribution >= 0.6 is 0 Å². The van der Waals surface area contributed by atoms with Crippen LogP contribution in [-0.4, -0.2) is 31.6 Å². The molecule has 0 fully saturated rings. The number of likely N-dealkylation sites (N-methyl/N-ethyl adjacent to an activating group) is 1. The molecule has 0 amide bonds. The van der Waals surface area contributed by atoms with Gasteiger partial charge in [0.05, 0.1) is 0 Å². The standard InChI is InChI=1S/C16H27FN2/c1-4-5-8-11-18-12-13-19(3)14(2)15-9-6-7-10-16(15)17/h6-7,9-10,14,18H,4-5,8,11-13H2,1-3H3. The summed E-state index contributed by atoms with van der Waals surface area (Å²) in [4.78, 5) is 2.19. The van der Waals surface area contributed by atoms with Gasteiger partial charge >= 0.3 is 0 Å². The second-order valence-electron chi connectivity index (χ2n) is 5.14. The topological polar surface area (TPSA) is 15.3 Å². The average Bonchev–Trinajstić information content (AvgIpc) is 2.42. The number of nitrogens with zero attached hydrogens (tertiary/aromatic N) is 1. The fourth-order valence-electron chi connectivity index (χ4n) is 2.13. The molecular formula is C16H27FN2. The number of rotatable bonds is 9. The molecule has 3 heteroatoms. The van der Waals surface area contributed by atoms with Crippen molar-refractivity contribution in [1.82, 2.24) is 10.2 Å². The van der Waals surface area contributed by atoms with Crippen LogP contribution in [0.25, 0.3) is 0 Å². The molecule has 1 aromatic carbocycles. The first-order valence-corrected chi connectivity index (χ1v) is 7.32. The minimum atomic E-state index is -0.113. The molecule has 1 atom stereocenters. The minimum Gasteiger partial charge on any atom is -0.315 e. The maximum Gasteiger partial charge on any atom is 0.127 e. The number of halogens is 1. The third-order valence-electron chi connectivity index (χ3n) is 3.61. The Labute approximate surface area is 117 Å². The van der Waals surface area contributed by atoms with Crippen molar-refractivity contribution in [3.8, 4) is 0 Å². The summed E-state index contributed by atoms with van der Waals surface area (Å²) in [6.45, 7) is 7.23. The fourth-order valence-corrected chi connectivity index (χ4v) is 2.13. The lowest BCUT2D eigenvalue weighted by atomic mass is 10.1. The highest BCUT2D eigenvalue weighted by molar-refractivity contribution is 5.20. The van der Waals surface area contributed by atoms with Crippen LogP contribution in [0.4, 0.5) is 4.39 Å². The molecule has 1 aromatic rings. The van der Waals surface area contributed by atoms with E-state index in [2.05, 4.69) is 24.1 Å². The summed E-state index contributed by atoms with van der Waals surface area (Å²) >= 11 is 0. The summed E-state index contributed by atoms with van der Waals surface area (Å²) in [5.41, 5.74) is 0.774. The Morgan fingerprint density at radius 2 is 1.95 bits per heavy atom. The molecule has 19 heavy (non-hydrogen) atoms. The van der Waals surface area contributed by atoms with Crippen molar-refractivity contribution in [3.05, 3.63) is 35.6 Å². The van der Waals surface area contributed by atoms with Crippen LogP contribution in [0.1, 0.15) is 44.7 Å². The highest BCUT2D eigenvalue weighted by atomic mass is 19.1. The second-order valence-corrected chi connectivity index (χ2v) is 5.14. The smallest absolute Gasteiger partial charge is 0.127 e. The van der Waals surface area contributed by atoms with E-state index in [1.807, 2.05) is 19.2 Å². The number of hydrogen-bond donors (Lipinski definition) is 1. The predicted octanol–water partition coefficient (Wildman–Crippen LogP) is 3.60. The summed E-state index contributed by atoms with van der Waals surface area (Å²) in [5.74, 6) is -0.113. The molecule has 0 bridgehead atoms. The molecule has 1 unspecified atom stereocenters. The molecule has 0 saturated heterocycles. The van der Waals surface area contributed by atoms with Crippen LogP contribution in [0, 0.1) is 5.82 Å². The van der Waals surface area contributed by atoms with Gasteiger partial charge in [-0.1, -0.05) is 38.0 Å². The lowest BCUT2D eigenvalue weighted by Crippen LogP contribution is -2.32. The van der Waals surface area contributed by atoms with E-state index in [0.29, 0.717) is 0 Å². The molecule has 0 spiro atoms. The minimum absolute atomic E-state index is 0.110. The average molecular weight is 266 g/mol. The molecule has 1 rings (SSSR count). The van der Waals surface area contributed by atoms with Gasteiger partial charge < -0.3 is 5.32 Å². The van der Waals surface area contributed by atoms with Crippen LogP contribution in [0.15, 0.2) is 24.3 Å². The molecule has 0 radical (unpaired) electrons. The maximum atomic E-state index is 13.7. The van der Waals surface area contributed by atoms with Crippen LogP contribution in [0.2, 0.25) is 0 Å². The highest BCUT2D eigenvalue weighted by Gasteiger charge is 2.14. The van der Waals surface area contributed by atoms with E-state index in [9.17, 15) is 4.39 Å². The summed E-state index contributed by atoms with van der Waals surface area (Å²) in [6, 6.07) is 7.14. The van der Waals surface area contributed by atoms with Gasteiger partial charge in [0, 0.05) is 24.7 Å². The Kier molecular flexibility index (Phi) is 7.68. The molecule has 1 N–H and O–H groups in total. The first-order chi connectivity index (χ1) is 9.16. The SMILES string of the molecule is CCCCCNCCN(C)C(C)c1ccccc1F. The molecule has 0 aliphatic carbocycles. The zero-order valence-electron chi connectivity index (χ0n) is 12.5. The summed E-state index contributed by atoms with van der Waals surface area (Å²) in [5, 5.41) is 3.44. The van der Waals surface area contributed by atoms with Gasteiger partial charge in [-0.15, -0.1) is 0 Å². The fraction of sp³-hybridized carbons (Fsp3) is 0.625. The lowest BCUT2D eigenvalue weighted by molar-refractivity contribution is 0.256. The van der Waals surface area contributed by atoms with Crippen LogP contribution in [-0.2, 0) is 0 Å². The number of nitrogens with one attached hydrogen (secondary N) is 1. The van der Waals surface area contributed by atoms with Gasteiger partial charge in [0.1, 0.15) is 5.82 Å². The van der Waals surface area contributed by atoms with Gasteiger partial charge in [-0.3, -0.25) is 4.90 Å². The van der Waals surface area contributed by atoms with Gasteiger partial charge in [-0.25, -0.2) is 4.39 Å². The summed E-state index contributed by atoms with van der Waals surface area (Å²) in [6.07, 6.45) is 3.78. The molecule has 2 nitrogen and oxygen atoms in total. The third-order valence-corrected chi connectivity index (χ3v) is 3.61. The van der Waals surface area contributed by atoms with E-state index in [1.165, 1.54) is 25.3 Å². The zero-order chi connectivity index (χ0) is 14.1.